The molecule has 2 nitrogen and oxygen atoms in total. The van der Waals surface area contributed by atoms with E-state index in [0.29, 0.717) is 22.4 Å². The van der Waals surface area contributed by atoms with Crippen LogP contribution in [0.3, 0.4) is 0 Å². The van der Waals surface area contributed by atoms with Crippen LogP contribution in [0.5, 0.6) is 0 Å². The number of nitrogens with one attached hydrogen (secondary N) is 1. The highest BCUT2D eigenvalue weighted by atomic mass is 35.5. The number of amides is 1. The van der Waals surface area contributed by atoms with Gasteiger partial charge in [-0.15, -0.1) is 11.6 Å². The topological polar surface area (TPSA) is 29.1 Å². The Hall–Kier alpha value is -0.730. The van der Waals surface area contributed by atoms with Crippen LogP contribution in [0.2, 0.25) is 5.02 Å². The molecule has 0 heterocycles. The SMILES string of the molecule is Cc1c(Cl)cccc1C(=O)NC(CCCl)C(C)C. The first-order chi connectivity index (χ1) is 8.47. The van der Waals surface area contributed by atoms with Gasteiger partial charge in [0.1, 0.15) is 0 Å². The van der Waals surface area contributed by atoms with Crippen LogP contribution in [0, 0.1) is 12.8 Å². The van der Waals surface area contributed by atoms with Crippen LogP contribution < -0.4 is 5.32 Å². The molecule has 100 valence electrons. The third-order valence-corrected chi connectivity index (χ3v) is 3.68. The Morgan fingerprint density at radius 2 is 2.06 bits per heavy atom. The van der Waals surface area contributed by atoms with E-state index in [1.165, 1.54) is 0 Å². The van der Waals surface area contributed by atoms with Crippen molar-refractivity contribution in [3.05, 3.63) is 34.3 Å². The Morgan fingerprint density at radius 3 is 2.61 bits per heavy atom. The summed E-state index contributed by atoms with van der Waals surface area (Å²) in [6.07, 6.45) is 0.768. The molecule has 1 amide bonds. The lowest BCUT2D eigenvalue weighted by atomic mass is 10.0. The van der Waals surface area contributed by atoms with Crippen molar-refractivity contribution in [3.63, 3.8) is 0 Å². The minimum atomic E-state index is -0.0844. The standard InChI is InChI=1S/C14H19Cl2NO/c1-9(2)13(7-8-15)17-14(18)11-5-4-6-12(16)10(11)3/h4-6,9,13H,7-8H2,1-3H3,(H,17,18). The van der Waals surface area contributed by atoms with Gasteiger partial charge in [-0.1, -0.05) is 31.5 Å². The molecule has 0 fully saturated rings. The Labute approximate surface area is 119 Å². The Morgan fingerprint density at radius 1 is 1.39 bits per heavy atom. The number of hydrogen-bond donors (Lipinski definition) is 1. The molecule has 1 N–H and O–H groups in total. The van der Waals surface area contributed by atoms with Crippen LogP contribution in [-0.2, 0) is 0 Å². The smallest absolute Gasteiger partial charge is 0.251 e. The molecular weight excluding hydrogens is 269 g/mol. The lowest BCUT2D eigenvalue weighted by molar-refractivity contribution is 0.0924. The molecule has 0 spiro atoms. The zero-order chi connectivity index (χ0) is 13.7. The van der Waals surface area contributed by atoms with E-state index in [1.54, 1.807) is 18.2 Å². The minimum absolute atomic E-state index is 0.0844. The number of rotatable bonds is 5. The summed E-state index contributed by atoms with van der Waals surface area (Å²) in [5, 5.41) is 3.63. The van der Waals surface area contributed by atoms with Gasteiger partial charge in [0.2, 0.25) is 0 Å². The van der Waals surface area contributed by atoms with Crippen molar-refractivity contribution >= 4 is 29.1 Å². The van der Waals surface area contributed by atoms with Crippen LogP contribution in [0.15, 0.2) is 18.2 Å². The Bertz CT molecular complexity index is 418. The summed E-state index contributed by atoms with van der Waals surface area (Å²) in [6.45, 7) is 5.99. The van der Waals surface area contributed by atoms with Crippen LogP contribution in [0.1, 0.15) is 36.2 Å². The maximum absolute atomic E-state index is 12.2. The molecule has 0 aromatic heterocycles. The normalized spacial score (nSPS) is 12.6. The van der Waals surface area contributed by atoms with E-state index in [-0.39, 0.29) is 11.9 Å². The van der Waals surface area contributed by atoms with Gasteiger partial charge in [0, 0.05) is 22.5 Å². The molecule has 0 saturated carbocycles. The molecule has 1 aromatic rings. The Balaban J connectivity index is 2.84. The molecule has 1 unspecified atom stereocenters. The number of carbonyl (C=O) groups is 1. The molecule has 0 aliphatic carbocycles. The fraction of sp³-hybridized carbons (Fsp3) is 0.500. The lowest BCUT2D eigenvalue weighted by Gasteiger charge is -2.22. The highest BCUT2D eigenvalue weighted by Gasteiger charge is 2.18. The second-order valence-electron chi connectivity index (χ2n) is 4.71. The van der Waals surface area contributed by atoms with E-state index >= 15 is 0 Å². The van der Waals surface area contributed by atoms with E-state index in [2.05, 4.69) is 19.2 Å². The van der Waals surface area contributed by atoms with E-state index in [1.807, 2.05) is 6.92 Å². The summed E-state index contributed by atoms with van der Waals surface area (Å²) in [5.41, 5.74) is 1.44. The number of benzene rings is 1. The summed E-state index contributed by atoms with van der Waals surface area (Å²) < 4.78 is 0. The molecule has 1 rings (SSSR count). The largest absolute Gasteiger partial charge is 0.349 e. The van der Waals surface area contributed by atoms with Gasteiger partial charge in [0.25, 0.3) is 5.91 Å². The summed E-state index contributed by atoms with van der Waals surface area (Å²) in [6, 6.07) is 5.45. The second kappa shape index (κ2) is 7.01. The predicted octanol–water partition coefficient (Wildman–Crippen LogP) is 4.03. The summed E-state index contributed by atoms with van der Waals surface area (Å²) in [4.78, 5) is 12.2. The van der Waals surface area contributed by atoms with E-state index < -0.39 is 0 Å². The lowest BCUT2D eigenvalue weighted by Crippen LogP contribution is -2.39. The molecule has 18 heavy (non-hydrogen) atoms. The van der Waals surface area contributed by atoms with Gasteiger partial charge in [0.05, 0.1) is 0 Å². The zero-order valence-electron chi connectivity index (χ0n) is 11.0. The fourth-order valence-corrected chi connectivity index (χ4v) is 2.20. The summed E-state index contributed by atoms with van der Waals surface area (Å²) in [5.74, 6) is 0.809. The second-order valence-corrected chi connectivity index (χ2v) is 5.50. The highest BCUT2D eigenvalue weighted by molar-refractivity contribution is 6.31. The Kier molecular flexibility index (Phi) is 5.97. The van der Waals surface area contributed by atoms with E-state index in [4.69, 9.17) is 23.2 Å². The average Bonchev–Trinajstić information content (AvgIpc) is 2.31. The van der Waals surface area contributed by atoms with Crippen LogP contribution in [0.25, 0.3) is 0 Å². The van der Waals surface area contributed by atoms with Crippen LogP contribution in [0.4, 0.5) is 0 Å². The van der Waals surface area contributed by atoms with Crippen molar-refractivity contribution in [1.29, 1.82) is 0 Å². The number of hydrogen-bond acceptors (Lipinski definition) is 1. The van der Waals surface area contributed by atoms with Gasteiger partial charge >= 0.3 is 0 Å². The van der Waals surface area contributed by atoms with Crippen molar-refractivity contribution in [3.8, 4) is 0 Å². The van der Waals surface area contributed by atoms with Gasteiger partial charge in [-0.25, -0.2) is 0 Å². The number of alkyl halides is 1. The number of halogens is 2. The van der Waals surface area contributed by atoms with Gasteiger partial charge in [-0.3, -0.25) is 4.79 Å². The van der Waals surface area contributed by atoms with E-state index in [9.17, 15) is 4.79 Å². The fourth-order valence-electron chi connectivity index (χ4n) is 1.79. The molecule has 0 saturated heterocycles. The first-order valence-corrected chi connectivity index (χ1v) is 7.00. The molecule has 1 atom stereocenters. The molecule has 4 heteroatoms. The van der Waals surface area contributed by atoms with Gasteiger partial charge in [0.15, 0.2) is 0 Å². The molecule has 0 aliphatic heterocycles. The average molecular weight is 288 g/mol. The third-order valence-electron chi connectivity index (χ3n) is 3.05. The van der Waals surface area contributed by atoms with Gasteiger partial charge < -0.3 is 5.32 Å². The maximum atomic E-state index is 12.2. The van der Waals surface area contributed by atoms with Crippen molar-refractivity contribution in [2.75, 3.05) is 5.88 Å². The first-order valence-electron chi connectivity index (χ1n) is 6.09. The zero-order valence-corrected chi connectivity index (χ0v) is 12.5. The quantitative estimate of drug-likeness (QED) is 0.814. The van der Waals surface area contributed by atoms with Crippen molar-refractivity contribution in [2.24, 2.45) is 5.92 Å². The summed E-state index contributed by atoms with van der Waals surface area (Å²) >= 11 is 11.8. The molecule has 1 aromatic carbocycles. The monoisotopic (exact) mass is 287 g/mol. The minimum Gasteiger partial charge on any atom is -0.349 e. The molecule has 0 aliphatic rings. The van der Waals surface area contributed by atoms with E-state index in [0.717, 1.165) is 12.0 Å². The predicted molar refractivity (Wildman–Crippen MR) is 77.6 cm³/mol. The number of carbonyl (C=O) groups excluding carboxylic acids is 1. The third kappa shape index (κ3) is 3.89. The van der Waals surface area contributed by atoms with Gasteiger partial charge in [-0.2, -0.15) is 0 Å². The molecule has 0 radical (unpaired) electrons. The van der Waals surface area contributed by atoms with Crippen LogP contribution in [-0.4, -0.2) is 17.8 Å². The van der Waals surface area contributed by atoms with Gasteiger partial charge in [-0.05, 0) is 37.0 Å². The van der Waals surface area contributed by atoms with Crippen molar-refractivity contribution in [1.82, 2.24) is 5.32 Å². The first kappa shape index (κ1) is 15.3. The van der Waals surface area contributed by atoms with Crippen molar-refractivity contribution in [2.45, 2.75) is 33.2 Å². The maximum Gasteiger partial charge on any atom is 0.251 e. The van der Waals surface area contributed by atoms with Crippen LogP contribution >= 0.6 is 23.2 Å². The molecule has 0 bridgehead atoms. The highest BCUT2D eigenvalue weighted by Crippen LogP contribution is 2.19. The molecular formula is C14H19Cl2NO. The summed E-state index contributed by atoms with van der Waals surface area (Å²) in [7, 11) is 0. The van der Waals surface area contributed by atoms with Crippen molar-refractivity contribution < 1.29 is 4.79 Å².